The first-order valence-electron chi connectivity index (χ1n) is 5.22. The zero-order valence-corrected chi connectivity index (χ0v) is 9.00. The predicted molar refractivity (Wildman–Crippen MR) is 59.1 cm³/mol. The molecule has 0 fully saturated rings. The lowest BCUT2D eigenvalue weighted by atomic mass is 10.0. The first-order chi connectivity index (χ1) is 6.68. The molecule has 0 saturated carbocycles. The number of ether oxygens (including phenoxy) is 1. The van der Waals surface area contributed by atoms with Crippen LogP contribution < -0.4 is 10.1 Å². The second-order valence-electron chi connectivity index (χ2n) is 4.19. The van der Waals surface area contributed by atoms with Gasteiger partial charge in [-0.2, -0.15) is 0 Å². The highest BCUT2D eigenvalue weighted by atomic mass is 16.5. The van der Waals surface area contributed by atoms with Gasteiger partial charge in [0.1, 0.15) is 11.9 Å². The molecule has 0 saturated heterocycles. The topological polar surface area (TPSA) is 21.3 Å². The Morgan fingerprint density at radius 3 is 2.93 bits per heavy atom. The smallest absolute Gasteiger partial charge is 0.146 e. The Bertz CT molecular complexity index is 333. The van der Waals surface area contributed by atoms with Gasteiger partial charge >= 0.3 is 0 Å². The maximum absolute atomic E-state index is 5.86. The van der Waals surface area contributed by atoms with Crippen LogP contribution in [0.1, 0.15) is 32.3 Å². The fourth-order valence-electron chi connectivity index (χ4n) is 1.78. The van der Waals surface area contributed by atoms with E-state index in [0.29, 0.717) is 5.92 Å². The highest BCUT2D eigenvalue weighted by Crippen LogP contribution is 2.36. The Balaban J connectivity index is 2.43. The van der Waals surface area contributed by atoms with Crippen molar-refractivity contribution in [1.29, 1.82) is 0 Å². The number of fused-ring (bicyclic) bond motifs is 1. The van der Waals surface area contributed by atoms with E-state index in [4.69, 9.17) is 4.74 Å². The number of para-hydroxylation sites is 1. The van der Waals surface area contributed by atoms with Crippen molar-refractivity contribution in [3.63, 3.8) is 0 Å². The van der Waals surface area contributed by atoms with Gasteiger partial charge in [-0.05, 0) is 24.5 Å². The van der Waals surface area contributed by atoms with Crippen LogP contribution >= 0.6 is 0 Å². The molecular formula is C12H17NO. The summed E-state index contributed by atoms with van der Waals surface area (Å²) in [5, 5.41) is 3.38. The normalized spacial score (nSPS) is 19.9. The highest BCUT2D eigenvalue weighted by molar-refractivity contribution is 5.62. The molecule has 1 aliphatic rings. The van der Waals surface area contributed by atoms with Crippen molar-refractivity contribution in [2.24, 2.45) is 0 Å². The Morgan fingerprint density at radius 1 is 1.43 bits per heavy atom. The first-order valence-corrected chi connectivity index (χ1v) is 5.22. The first kappa shape index (κ1) is 9.38. The van der Waals surface area contributed by atoms with Crippen molar-refractivity contribution >= 4 is 5.69 Å². The predicted octanol–water partition coefficient (Wildman–Crippen LogP) is 3.00. The van der Waals surface area contributed by atoms with Gasteiger partial charge in [0, 0.05) is 0 Å². The van der Waals surface area contributed by atoms with Gasteiger partial charge in [-0.15, -0.1) is 0 Å². The number of anilines is 1. The van der Waals surface area contributed by atoms with Crippen LogP contribution in [0.5, 0.6) is 5.75 Å². The summed E-state index contributed by atoms with van der Waals surface area (Å²) in [6.07, 6.45) is 0.266. The molecule has 1 atom stereocenters. The van der Waals surface area contributed by atoms with Gasteiger partial charge in [0.25, 0.3) is 0 Å². The lowest BCUT2D eigenvalue weighted by Gasteiger charge is -2.27. The lowest BCUT2D eigenvalue weighted by Crippen LogP contribution is -2.28. The van der Waals surface area contributed by atoms with Crippen molar-refractivity contribution in [2.75, 3.05) is 11.9 Å². The summed E-state index contributed by atoms with van der Waals surface area (Å²) in [6, 6.07) is 6.30. The SMILES string of the molecule is CC1CNc2cccc(C(C)C)c2O1. The van der Waals surface area contributed by atoms with E-state index < -0.39 is 0 Å². The third kappa shape index (κ3) is 1.57. The van der Waals surface area contributed by atoms with Crippen molar-refractivity contribution in [1.82, 2.24) is 0 Å². The summed E-state index contributed by atoms with van der Waals surface area (Å²) in [7, 11) is 0. The Kier molecular flexibility index (Phi) is 2.36. The standard InChI is InChI=1S/C12H17NO/c1-8(2)10-5-4-6-11-12(10)14-9(3)7-13-11/h4-6,8-9,13H,7H2,1-3H3. The monoisotopic (exact) mass is 191 g/mol. The minimum absolute atomic E-state index is 0.266. The molecule has 0 spiro atoms. The summed E-state index contributed by atoms with van der Waals surface area (Å²) >= 11 is 0. The molecule has 76 valence electrons. The number of nitrogens with one attached hydrogen (secondary N) is 1. The zero-order valence-electron chi connectivity index (χ0n) is 9.00. The summed E-state index contributed by atoms with van der Waals surface area (Å²) < 4.78 is 5.86. The summed E-state index contributed by atoms with van der Waals surface area (Å²) in [5.74, 6) is 1.55. The second kappa shape index (κ2) is 3.52. The van der Waals surface area contributed by atoms with Crippen molar-refractivity contribution in [2.45, 2.75) is 32.8 Å². The molecule has 2 rings (SSSR count). The van der Waals surface area contributed by atoms with Crippen molar-refractivity contribution in [3.05, 3.63) is 23.8 Å². The van der Waals surface area contributed by atoms with Crippen molar-refractivity contribution < 1.29 is 4.74 Å². The minimum atomic E-state index is 0.266. The van der Waals surface area contributed by atoms with E-state index in [0.717, 1.165) is 18.0 Å². The third-order valence-corrected chi connectivity index (χ3v) is 2.57. The van der Waals surface area contributed by atoms with Crippen LogP contribution in [0, 0.1) is 0 Å². The quantitative estimate of drug-likeness (QED) is 0.736. The molecule has 2 heteroatoms. The van der Waals surface area contributed by atoms with Crippen LogP contribution in [0.3, 0.4) is 0 Å². The van der Waals surface area contributed by atoms with Crippen LogP contribution in [-0.2, 0) is 0 Å². The molecule has 0 aromatic heterocycles. The maximum Gasteiger partial charge on any atom is 0.146 e. The highest BCUT2D eigenvalue weighted by Gasteiger charge is 2.19. The maximum atomic E-state index is 5.86. The Hall–Kier alpha value is -1.18. The van der Waals surface area contributed by atoms with Crippen LogP contribution in [0.2, 0.25) is 0 Å². The lowest BCUT2D eigenvalue weighted by molar-refractivity contribution is 0.223. The molecule has 1 unspecified atom stereocenters. The van der Waals surface area contributed by atoms with Crippen LogP contribution in [0.15, 0.2) is 18.2 Å². The van der Waals surface area contributed by atoms with Gasteiger partial charge in [-0.3, -0.25) is 0 Å². The van der Waals surface area contributed by atoms with E-state index in [-0.39, 0.29) is 6.10 Å². The van der Waals surface area contributed by atoms with Gasteiger partial charge in [-0.25, -0.2) is 0 Å². The number of hydrogen-bond acceptors (Lipinski definition) is 2. The van der Waals surface area contributed by atoms with E-state index in [1.165, 1.54) is 5.56 Å². The van der Waals surface area contributed by atoms with Gasteiger partial charge in [0.2, 0.25) is 0 Å². The molecule has 1 aromatic carbocycles. The molecule has 2 nitrogen and oxygen atoms in total. The van der Waals surface area contributed by atoms with E-state index in [1.54, 1.807) is 0 Å². The molecule has 1 aliphatic heterocycles. The number of rotatable bonds is 1. The molecule has 0 radical (unpaired) electrons. The average molecular weight is 191 g/mol. The second-order valence-corrected chi connectivity index (χ2v) is 4.19. The minimum Gasteiger partial charge on any atom is -0.486 e. The fraction of sp³-hybridized carbons (Fsp3) is 0.500. The summed E-state index contributed by atoms with van der Waals surface area (Å²) in [4.78, 5) is 0. The van der Waals surface area contributed by atoms with E-state index in [1.807, 2.05) is 0 Å². The molecular weight excluding hydrogens is 174 g/mol. The largest absolute Gasteiger partial charge is 0.486 e. The molecule has 1 N–H and O–H groups in total. The third-order valence-electron chi connectivity index (χ3n) is 2.57. The summed E-state index contributed by atoms with van der Waals surface area (Å²) in [6.45, 7) is 7.37. The number of hydrogen-bond donors (Lipinski definition) is 1. The van der Waals surface area contributed by atoms with Crippen LogP contribution in [0.4, 0.5) is 5.69 Å². The van der Waals surface area contributed by atoms with Crippen LogP contribution in [-0.4, -0.2) is 12.6 Å². The Morgan fingerprint density at radius 2 is 2.21 bits per heavy atom. The molecule has 14 heavy (non-hydrogen) atoms. The van der Waals surface area contributed by atoms with E-state index in [9.17, 15) is 0 Å². The van der Waals surface area contributed by atoms with Gasteiger partial charge in [0.15, 0.2) is 0 Å². The van der Waals surface area contributed by atoms with E-state index >= 15 is 0 Å². The van der Waals surface area contributed by atoms with Gasteiger partial charge < -0.3 is 10.1 Å². The fourth-order valence-corrected chi connectivity index (χ4v) is 1.78. The van der Waals surface area contributed by atoms with Crippen molar-refractivity contribution in [3.8, 4) is 5.75 Å². The van der Waals surface area contributed by atoms with Gasteiger partial charge in [-0.1, -0.05) is 26.0 Å². The Labute approximate surface area is 85.3 Å². The molecule has 1 heterocycles. The number of benzene rings is 1. The zero-order chi connectivity index (χ0) is 10.1. The molecule has 0 amide bonds. The summed E-state index contributed by atoms with van der Waals surface area (Å²) in [5.41, 5.74) is 2.43. The molecule has 0 bridgehead atoms. The average Bonchev–Trinajstić information content (AvgIpc) is 2.16. The van der Waals surface area contributed by atoms with Gasteiger partial charge in [0.05, 0.1) is 12.2 Å². The molecule has 0 aliphatic carbocycles. The molecule has 1 aromatic rings. The van der Waals surface area contributed by atoms with E-state index in [2.05, 4.69) is 44.3 Å². The van der Waals surface area contributed by atoms with Crippen LogP contribution in [0.25, 0.3) is 0 Å².